The number of aliphatic imine (C=N–C) groups is 1. The number of anilines is 1. The first-order chi connectivity index (χ1) is 13.7. The van der Waals surface area contributed by atoms with E-state index < -0.39 is 5.82 Å². The predicted molar refractivity (Wildman–Crippen MR) is 108 cm³/mol. The summed E-state index contributed by atoms with van der Waals surface area (Å²) in [6.07, 6.45) is 1.91. The molecule has 1 heterocycles. The van der Waals surface area contributed by atoms with Gasteiger partial charge in [-0.25, -0.2) is 8.78 Å². The van der Waals surface area contributed by atoms with Crippen LogP contribution < -0.4 is 10.2 Å². The SMILES string of the molecule is CCNC(=NCCCCOCCOC)N1CCN(c2cc(F)ccc2F)CC1. The normalized spacial score (nSPS) is 15.2. The molecule has 1 aliphatic heterocycles. The van der Waals surface area contributed by atoms with E-state index in [1.807, 2.05) is 11.8 Å². The Balaban J connectivity index is 1.79. The number of methoxy groups -OCH3 is 1. The van der Waals surface area contributed by atoms with Crippen LogP contribution in [-0.4, -0.2) is 77.1 Å². The third kappa shape index (κ3) is 7.24. The first-order valence-electron chi connectivity index (χ1n) is 9.95. The molecule has 0 unspecified atom stereocenters. The molecule has 0 aromatic heterocycles. The van der Waals surface area contributed by atoms with Gasteiger partial charge < -0.3 is 24.6 Å². The van der Waals surface area contributed by atoms with Gasteiger partial charge in [0.1, 0.15) is 11.6 Å². The monoisotopic (exact) mass is 398 g/mol. The van der Waals surface area contributed by atoms with Crippen molar-refractivity contribution in [2.45, 2.75) is 19.8 Å². The van der Waals surface area contributed by atoms with Crippen LogP contribution >= 0.6 is 0 Å². The Morgan fingerprint density at radius 1 is 1.11 bits per heavy atom. The van der Waals surface area contributed by atoms with Crippen molar-refractivity contribution in [3.8, 4) is 0 Å². The Morgan fingerprint density at radius 2 is 1.89 bits per heavy atom. The quantitative estimate of drug-likeness (QED) is 0.373. The average molecular weight is 398 g/mol. The van der Waals surface area contributed by atoms with Crippen LogP contribution in [0.4, 0.5) is 14.5 Å². The van der Waals surface area contributed by atoms with Crippen LogP contribution in [0, 0.1) is 11.6 Å². The van der Waals surface area contributed by atoms with E-state index in [1.54, 1.807) is 7.11 Å². The van der Waals surface area contributed by atoms with E-state index in [9.17, 15) is 8.78 Å². The summed E-state index contributed by atoms with van der Waals surface area (Å²) in [5, 5.41) is 3.32. The zero-order valence-electron chi connectivity index (χ0n) is 16.9. The number of halogens is 2. The van der Waals surface area contributed by atoms with Crippen molar-refractivity contribution in [2.75, 3.05) is 71.1 Å². The summed E-state index contributed by atoms with van der Waals surface area (Å²) in [4.78, 5) is 8.76. The highest BCUT2D eigenvalue weighted by Gasteiger charge is 2.21. The third-order valence-corrected chi connectivity index (χ3v) is 4.55. The number of guanidine groups is 1. The lowest BCUT2D eigenvalue weighted by atomic mass is 10.2. The van der Waals surface area contributed by atoms with Crippen LogP contribution in [0.3, 0.4) is 0 Å². The average Bonchev–Trinajstić information content (AvgIpc) is 2.71. The van der Waals surface area contributed by atoms with Crippen LogP contribution in [0.25, 0.3) is 0 Å². The summed E-state index contributed by atoms with van der Waals surface area (Å²) >= 11 is 0. The van der Waals surface area contributed by atoms with E-state index in [4.69, 9.17) is 14.5 Å². The Bertz CT molecular complexity index is 608. The van der Waals surface area contributed by atoms with Gasteiger partial charge >= 0.3 is 0 Å². The number of hydrogen-bond donors (Lipinski definition) is 1. The van der Waals surface area contributed by atoms with Gasteiger partial charge in [0.05, 0.1) is 18.9 Å². The second kappa shape index (κ2) is 12.5. The molecule has 1 aliphatic rings. The Kier molecular flexibility index (Phi) is 9.99. The lowest BCUT2D eigenvalue weighted by molar-refractivity contribution is 0.0690. The topological polar surface area (TPSA) is 49.3 Å². The number of hydrogen-bond acceptors (Lipinski definition) is 4. The van der Waals surface area contributed by atoms with E-state index in [2.05, 4.69) is 10.2 Å². The zero-order valence-corrected chi connectivity index (χ0v) is 16.9. The van der Waals surface area contributed by atoms with Crippen LogP contribution in [-0.2, 0) is 9.47 Å². The fraction of sp³-hybridized carbons (Fsp3) is 0.650. The number of nitrogens with one attached hydrogen (secondary N) is 1. The van der Waals surface area contributed by atoms with Gasteiger partial charge in [-0.05, 0) is 31.9 Å². The van der Waals surface area contributed by atoms with Crippen LogP contribution in [0.15, 0.2) is 23.2 Å². The maximum atomic E-state index is 14.0. The standard InChI is InChI=1S/C20H32F2N4O2/c1-3-23-20(24-8-4-5-13-28-15-14-27-2)26-11-9-25(10-12-26)19-16-17(21)6-7-18(19)22/h6-7,16H,3-5,8-15H2,1-2H3,(H,23,24). The molecule has 6 nitrogen and oxygen atoms in total. The molecular formula is C20H32F2N4O2. The van der Waals surface area contributed by atoms with Gasteiger partial charge in [-0.15, -0.1) is 0 Å². The molecule has 0 aliphatic carbocycles. The number of benzene rings is 1. The van der Waals surface area contributed by atoms with Crippen molar-refractivity contribution in [1.29, 1.82) is 0 Å². The Morgan fingerprint density at radius 3 is 2.61 bits per heavy atom. The molecule has 1 saturated heterocycles. The highest BCUT2D eigenvalue weighted by Crippen LogP contribution is 2.21. The van der Waals surface area contributed by atoms with Crippen LogP contribution in [0.2, 0.25) is 0 Å². The van der Waals surface area contributed by atoms with E-state index in [-0.39, 0.29) is 5.82 Å². The molecule has 0 radical (unpaired) electrons. The van der Waals surface area contributed by atoms with Gasteiger partial charge in [0.25, 0.3) is 0 Å². The minimum Gasteiger partial charge on any atom is -0.382 e. The number of piperazine rings is 1. The van der Waals surface area contributed by atoms with Crippen molar-refractivity contribution < 1.29 is 18.3 Å². The number of rotatable bonds is 10. The van der Waals surface area contributed by atoms with Crippen molar-refractivity contribution in [3.05, 3.63) is 29.8 Å². The fourth-order valence-electron chi connectivity index (χ4n) is 3.06. The van der Waals surface area contributed by atoms with E-state index in [1.165, 1.54) is 12.1 Å². The van der Waals surface area contributed by atoms with Crippen molar-refractivity contribution in [2.24, 2.45) is 4.99 Å². The van der Waals surface area contributed by atoms with Crippen LogP contribution in [0.1, 0.15) is 19.8 Å². The lowest BCUT2D eigenvalue weighted by Crippen LogP contribution is -2.52. The molecule has 0 amide bonds. The zero-order chi connectivity index (χ0) is 20.2. The maximum Gasteiger partial charge on any atom is 0.194 e. The van der Waals surface area contributed by atoms with Crippen molar-refractivity contribution >= 4 is 11.6 Å². The van der Waals surface area contributed by atoms with Gasteiger partial charge in [0, 0.05) is 59.1 Å². The molecule has 28 heavy (non-hydrogen) atoms. The van der Waals surface area contributed by atoms with E-state index in [0.717, 1.165) is 38.0 Å². The molecule has 8 heteroatoms. The minimum absolute atomic E-state index is 0.329. The van der Waals surface area contributed by atoms with Crippen molar-refractivity contribution in [1.82, 2.24) is 10.2 Å². The van der Waals surface area contributed by atoms with Gasteiger partial charge in [-0.3, -0.25) is 4.99 Å². The summed E-state index contributed by atoms with van der Waals surface area (Å²) < 4.78 is 37.8. The van der Waals surface area contributed by atoms with E-state index >= 15 is 0 Å². The summed E-state index contributed by atoms with van der Waals surface area (Å²) in [7, 11) is 1.66. The molecule has 2 rings (SSSR count). The number of ether oxygens (including phenoxy) is 2. The van der Waals surface area contributed by atoms with Crippen LogP contribution in [0.5, 0.6) is 0 Å². The molecule has 1 aromatic rings. The molecule has 1 aromatic carbocycles. The highest BCUT2D eigenvalue weighted by atomic mass is 19.1. The highest BCUT2D eigenvalue weighted by molar-refractivity contribution is 5.80. The first kappa shape index (κ1) is 22.4. The maximum absolute atomic E-state index is 14.0. The largest absolute Gasteiger partial charge is 0.382 e. The third-order valence-electron chi connectivity index (χ3n) is 4.55. The van der Waals surface area contributed by atoms with E-state index in [0.29, 0.717) is 51.7 Å². The Hall–Kier alpha value is -1.93. The summed E-state index contributed by atoms with van der Waals surface area (Å²) in [6, 6.07) is 3.59. The fourth-order valence-corrected chi connectivity index (χ4v) is 3.06. The van der Waals surface area contributed by atoms with Gasteiger partial charge in [0.2, 0.25) is 0 Å². The second-order valence-electron chi connectivity index (χ2n) is 6.62. The molecule has 1 N–H and O–H groups in total. The summed E-state index contributed by atoms with van der Waals surface area (Å²) in [5.41, 5.74) is 0.329. The molecule has 0 saturated carbocycles. The Labute approximate surface area is 166 Å². The summed E-state index contributed by atoms with van der Waals surface area (Å²) in [5.74, 6) is 0.0743. The van der Waals surface area contributed by atoms with Gasteiger partial charge in [0.15, 0.2) is 5.96 Å². The first-order valence-corrected chi connectivity index (χ1v) is 9.95. The smallest absolute Gasteiger partial charge is 0.194 e. The van der Waals surface area contributed by atoms with Gasteiger partial charge in [-0.2, -0.15) is 0 Å². The molecule has 0 atom stereocenters. The number of nitrogens with zero attached hydrogens (tertiary/aromatic N) is 3. The molecule has 1 fully saturated rings. The van der Waals surface area contributed by atoms with Gasteiger partial charge in [-0.1, -0.05) is 0 Å². The number of unbranched alkanes of at least 4 members (excludes halogenated alkanes) is 1. The lowest BCUT2D eigenvalue weighted by Gasteiger charge is -2.37. The molecule has 158 valence electrons. The predicted octanol–water partition coefficient (Wildman–Crippen LogP) is 2.50. The molecular weight excluding hydrogens is 366 g/mol. The molecule has 0 bridgehead atoms. The second-order valence-corrected chi connectivity index (χ2v) is 6.62. The minimum atomic E-state index is -0.417. The summed E-state index contributed by atoms with van der Waals surface area (Å²) in [6.45, 7) is 8.18. The molecule has 0 spiro atoms. The van der Waals surface area contributed by atoms with Crippen molar-refractivity contribution in [3.63, 3.8) is 0 Å².